The predicted molar refractivity (Wildman–Crippen MR) is 77.9 cm³/mol. The third-order valence-electron chi connectivity index (χ3n) is 3.50. The molecular formula is C14H19N3S. The van der Waals surface area contributed by atoms with Gasteiger partial charge in [0.25, 0.3) is 0 Å². The summed E-state index contributed by atoms with van der Waals surface area (Å²) in [5, 5.41) is 0. The number of rotatable bonds is 5. The zero-order chi connectivity index (χ0) is 12.5. The van der Waals surface area contributed by atoms with Crippen LogP contribution in [0.3, 0.4) is 0 Å². The Morgan fingerprint density at radius 1 is 1.44 bits per heavy atom. The molecule has 1 aromatic heterocycles. The smallest absolute Gasteiger partial charge is 0.127 e. The first-order valence-corrected chi connectivity index (χ1v) is 7.92. The molecule has 2 N–H and O–H groups in total. The van der Waals surface area contributed by atoms with E-state index in [2.05, 4.69) is 29.0 Å². The first kappa shape index (κ1) is 12.1. The van der Waals surface area contributed by atoms with Crippen molar-refractivity contribution in [3.05, 3.63) is 30.1 Å². The van der Waals surface area contributed by atoms with Gasteiger partial charge in [0.15, 0.2) is 0 Å². The Bertz CT molecular complexity index is 545. The van der Waals surface area contributed by atoms with Gasteiger partial charge in [0.2, 0.25) is 0 Å². The largest absolute Gasteiger partial charge is 0.324 e. The molecule has 1 aliphatic carbocycles. The molecule has 0 bridgehead atoms. The van der Waals surface area contributed by atoms with E-state index in [4.69, 9.17) is 10.7 Å². The standard InChI is InChI=1S/C14H19N3S/c1-18-9-8-11(15)14-16-12-4-2-3-5-13(12)17(14)10-6-7-10/h2-5,10-11H,6-9,15H2,1H3. The van der Waals surface area contributed by atoms with E-state index < -0.39 is 0 Å². The van der Waals surface area contributed by atoms with E-state index in [0.717, 1.165) is 23.5 Å². The molecule has 1 atom stereocenters. The molecular weight excluding hydrogens is 242 g/mol. The Morgan fingerprint density at radius 3 is 2.94 bits per heavy atom. The molecule has 2 aromatic rings. The monoisotopic (exact) mass is 261 g/mol. The molecule has 0 radical (unpaired) electrons. The summed E-state index contributed by atoms with van der Waals surface area (Å²) in [5.74, 6) is 2.17. The summed E-state index contributed by atoms with van der Waals surface area (Å²) in [7, 11) is 0. The van der Waals surface area contributed by atoms with Crippen molar-refractivity contribution < 1.29 is 0 Å². The van der Waals surface area contributed by atoms with Crippen LogP contribution < -0.4 is 5.73 Å². The fourth-order valence-corrected chi connectivity index (χ4v) is 2.90. The quantitative estimate of drug-likeness (QED) is 0.899. The number of benzene rings is 1. The number of fused-ring (bicyclic) bond motifs is 1. The molecule has 0 amide bonds. The van der Waals surface area contributed by atoms with Crippen LogP contribution in [0.5, 0.6) is 0 Å². The molecule has 1 aliphatic rings. The fourth-order valence-electron chi connectivity index (χ4n) is 2.42. The van der Waals surface area contributed by atoms with E-state index in [1.165, 1.54) is 18.4 Å². The second-order valence-corrected chi connectivity index (χ2v) is 5.93. The van der Waals surface area contributed by atoms with Crippen molar-refractivity contribution in [1.29, 1.82) is 0 Å². The zero-order valence-electron chi connectivity index (χ0n) is 10.7. The number of imidazole rings is 1. The Balaban J connectivity index is 2.01. The second kappa shape index (κ2) is 4.94. The summed E-state index contributed by atoms with van der Waals surface area (Å²) in [5.41, 5.74) is 8.64. The van der Waals surface area contributed by atoms with Gasteiger partial charge in [-0.05, 0) is 43.4 Å². The SMILES string of the molecule is CSCCC(N)c1nc2ccccc2n1C1CC1. The number of nitrogens with zero attached hydrogens (tertiary/aromatic N) is 2. The first-order chi connectivity index (χ1) is 8.81. The van der Waals surface area contributed by atoms with E-state index in [1.54, 1.807) is 0 Å². The molecule has 1 saturated carbocycles. The fraction of sp³-hybridized carbons (Fsp3) is 0.500. The maximum absolute atomic E-state index is 6.31. The molecule has 0 aliphatic heterocycles. The topological polar surface area (TPSA) is 43.8 Å². The molecule has 1 aromatic carbocycles. The Hall–Kier alpha value is -1.00. The lowest BCUT2D eigenvalue weighted by molar-refractivity contribution is 0.594. The maximum atomic E-state index is 6.31. The van der Waals surface area contributed by atoms with Crippen molar-refractivity contribution in [3.63, 3.8) is 0 Å². The van der Waals surface area contributed by atoms with Gasteiger partial charge in [-0.15, -0.1) is 0 Å². The van der Waals surface area contributed by atoms with Crippen LogP contribution in [0.25, 0.3) is 11.0 Å². The van der Waals surface area contributed by atoms with Crippen molar-refractivity contribution in [1.82, 2.24) is 9.55 Å². The Labute approximate surface area is 112 Å². The zero-order valence-corrected chi connectivity index (χ0v) is 11.5. The highest BCUT2D eigenvalue weighted by atomic mass is 32.2. The van der Waals surface area contributed by atoms with Gasteiger partial charge in [-0.2, -0.15) is 11.8 Å². The number of nitrogens with two attached hydrogens (primary N) is 1. The highest BCUT2D eigenvalue weighted by molar-refractivity contribution is 7.98. The normalized spacial score (nSPS) is 17.2. The lowest BCUT2D eigenvalue weighted by Crippen LogP contribution is -2.17. The molecule has 1 fully saturated rings. The number of thioether (sulfide) groups is 1. The van der Waals surface area contributed by atoms with Gasteiger partial charge >= 0.3 is 0 Å². The summed E-state index contributed by atoms with van der Waals surface area (Å²) >= 11 is 1.84. The second-order valence-electron chi connectivity index (χ2n) is 4.95. The average Bonchev–Trinajstić information content (AvgIpc) is 3.15. The van der Waals surface area contributed by atoms with Gasteiger partial charge in [-0.1, -0.05) is 12.1 Å². The van der Waals surface area contributed by atoms with Crippen molar-refractivity contribution >= 4 is 22.8 Å². The van der Waals surface area contributed by atoms with Crippen molar-refractivity contribution in [3.8, 4) is 0 Å². The molecule has 1 unspecified atom stereocenters. The van der Waals surface area contributed by atoms with Crippen LogP contribution in [0, 0.1) is 0 Å². The van der Waals surface area contributed by atoms with E-state index in [9.17, 15) is 0 Å². The van der Waals surface area contributed by atoms with Crippen LogP contribution in [0.15, 0.2) is 24.3 Å². The maximum Gasteiger partial charge on any atom is 0.127 e. The molecule has 1 heterocycles. The van der Waals surface area contributed by atoms with Gasteiger partial charge in [0, 0.05) is 6.04 Å². The van der Waals surface area contributed by atoms with Crippen molar-refractivity contribution in [2.75, 3.05) is 12.0 Å². The van der Waals surface area contributed by atoms with Crippen LogP contribution in [0.1, 0.15) is 37.2 Å². The van der Waals surface area contributed by atoms with Gasteiger partial charge in [-0.3, -0.25) is 0 Å². The lowest BCUT2D eigenvalue weighted by atomic mass is 10.2. The minimum absolute atomic E-state index is 0.0606. The summed E-state index contributed by atoms with van der Waals surface area (Å²) in [6.07, 6.45) is 5.65. The van der Waals surface area contributed by atoms with E-state index in [0.29, 0.717) is 6.04 Å². The van der Waals surface area contributed by atoms with Crippen molar-refractivity contribution in [2.45, 2.75) is 31.3 Å². The number of para-hydroxylation sites is 2. The van der Waals surface area contributed by atoms with Gasteiger partial charge in [0.05, 0.1) is 17.1 Å². The highest BCUT2D eigenvalue weighted by Crippen LogP contribution is 2.40. The predicted octanol–water partition coefficient (Wildman–Crippen LogP) is 3.12. The highest BCUT2D eigenvalue weighted by Gasteiger charge is 2.29. The third-order valence-corrected chi connectivity index (χ3v) is 4.14. The molecule has 4 heteroatoms. The van der Waals surface area contributed by atoms with E-state index in [1.807, 2.05) is 17.8 Å². The number of hydrogen-bond acceptors (Lipinski definition) is 3. The molecule has 3 rings (SSSR count). The minimum Gasteiger partial charge on any atom is -0.324 e. The molecule has 96 valence electrons. The molecule has 0 saturated heterocycles. The Morgan fingerprint density at radius 2 is 2.22 bits per heavy atom. The molecule has 18 heavy (non-hydrogen) atoms. The van der Waals surface area contributed by atoms with Crippen LogP contribution in [-0.4, -0.2) is 21.6 Å². The molecule has 0 spiro atoms. The third kappa shape index (κ3) is 2.15. The van der Waals surface area contributed by atoms with Gasteiger partial charge in [-0.25, -0.2) is 4.98 Å². The van der Waals surface area contributed by atoms with Gasteiger partial charge in [0.1, 0.15) is 5.82 Å². The number of aromatic nitrogens is 2. The van der Waals surface area contributed by atoms with Crippen LogP contribution in [0.2, 0.25) is 0 Å². The Kier molecular flexibility index (Phi) is 3.31. The van der Waals surface area contributed by atoms with E-state index >= 15 is 0 Å². The van der Waals surface area contributed by atoms with Crippen LogP contribution >= 0.6 is 11.8 Å². The number of hydrogen-bond donors (Lipinski definition) is 1. The van der Waals surface area contributed by atoms with Crippen LogP contribution in [-0.2, 0) is 0 Å². The average molecular weight is 261 g/mol. The van der Waals surface area contributed by atoms with Gasteiger partial charge < -0.3 is 10.3 Å². The first-order valence-electron chi connectivity index (χ1n) is 6.52. The van der Waals surface area contributed by atoms with Crippen LogP contribution in [0.4, 0.5) is 0 Å². The van der Waals surface area contributed by atoms with Crippen molar-refractivity contribution in [2.24, 2.45) is 5.73 Å². The minimum atomic E-state index is 0.0606. The summed E-state index contributed by atoms with van der Waals surface area (Å²) in [6, 6.07) is 9.06. The summed E-state index contributed by atoms with van der Waals surface area (Å²) < 4.78 is 2.38. The molecule has 3 nitrogen and oxygen atoms in total. The van der Waals surface area contributed by atoms with E-state index in [-0.39, 0.29) is 6.04 Å². The summed E-state index contributed by atoms with van der Waals surface area (Å²) in [6.45, 7) is 0. The lowest BCUT2D eigenvalue weighted by Gasteiger charge is -2.13. The summed E-state index contributed by atoms with van der Waals surface area (Å²) in [4.78, 5) is 4.76.